The van der Waals surface area contributed by atoms with Gasteiger partial charge in [0, 0.05) is 5.69 Å². The summed E-state index contributed by atoms with van der Waals surface area (Å²) < 4.78 is 6.10. The van der Waals surface area contributed by atoms with E-state index >= 15 is 0 Å². The molecule has 3 aliphatic heterocycles. The Hall–Kier alpha value is -2.40. The molecule has 2 saturated heterocycles. The number of benzene rings is 1. The maximum atomic E-state index is 13.2. The van der Waals surface area contributed by atoms with Gasteiger partial charge in [0.05, 0.1) is 18.1 Å². The van der Waals surface area contributed by atoms with Crippen LogP contribution in [-0.2, 0) is 14.3 Å². The molecule has 4 rings (SSSR count). The minimum atomic E-state index is -0.978. The molecule has 124 valence electrons. The maximum Gasteiger partial charge on any atom is 0.310 e. The van der Waals surface area contributed by atoms with Gasteiger partial charge in [-0.05, 0) is 25.5 Å². The van der Waals surface area contributed by atoms with Crippen LogP contribution >= 0.6 is 0 Å². The minimum absolute atomic E-state index is 0.174. The maximum absolute atomic E-state index is 13.2. The molecule has 2 fully saturated rings. The average Bonchev–Trinajstić information content (AvgIpc) is 3.17. The van der Waals surface area contributed by atoms with E-state index in [1.807, 2.05) is 43.3 Å². The molecule has 1 aromatic carbocycles. The van der Waals surface area contributed by atoms with E-state index in [0.29, 0.717) is 6.42 Å². The lowest BCUT2D eigenvalue weighted by Crippen LogP contribution is -2.45. The predicted octanol–water partition coefficient (Wildman–Crippen LogP) is 2.39. The molecule has 1 N–H and O–H groups in total. The van der Waals surface area contributed by atoms with E-state index in [9.17, 15) is 14.7 Å². The first-order chi connectivity index (χ1) is 11.5. The van der Waals surface area contributed by atoms with Crippen molar-refractivity contribution in [3.63, 3.8) is 0 Å². The van der Waals surface area contributed by atoms with Crippen LogP contribution < -0.4 is 4.90 Å². The van der Waals surface area contributed by atoms with Gasteiger partial charge in [-0.2, -0.15) is 0 Å². The molecule has 1 aromatic rings. The lowest BCUT2D eigenvalue weighted by atomic mass is 9.74. The minimum Gasteiger partial charge on any atom is -0.481 e. The molecular weight excluding hydrogens is 306 g/mol. The van der Waals surface area contributed by atoms with Crippen molar-refractivity contribution in [1.82, 2.24) is 0 Å². The zero-order valence-electron chi connectivity index (χ0n) is 13.4. The highest BCUT2D eigenvalue weighted by Gasteiger charge is 2.71. The van der Waals surface area contributed by atoms with Gasteiger partial charge in [-0.25, -0.2) is 0 Å². The number of carboxylic acid groups (broad SMARTS) is 1. The van der Waals surface area contributed by atoms with Crippen LogP contribution in [0.4, 0.5) is 5.69 Å². The number of aliphatic carboxylic acids is 1. The first-order valence-electron chi connectivity index (χ1n) is 8.08. The Morgan fingerprint density at radius 1 is 1.38 bits per heavy atom. The number of anilines is 1. The Kier molecular flexibility index (Phi) is 3.18. The van der Waals surface area contributed by atoms with Gasteiger partial charge >= 0.3 is 5.97 Å². The van der Waals surface area contributed by atoms with Crippen LogP contribution in [0.3, 0.4) is 0 Å². The van der Waals surface area contributed by atoms with Gasteiger partial charge in [0.15, 0.2) is 0 Å². The summed E-state index contributed by atoms with van der Waals surface area (Å²) in [5.41, 5.74) is 0.824. The van der Waals surface area contributed by atoms with Gasteiger partial charge in [0.25, 0.3) is 0 Å². The van der Waals surface area contributed by atoms with Gasteiger partial charge in [-0.3, -0.25) is 9.59 Å². The highest BCUT2D eigenvalue weighted by atomic mass is 16.5. The average molecular weight is 325 g/mol. The molecule has 1 spiro atoms. The van der Waals surface area contributed by atoms with Crippen molar-refractivity contribution in [2.75, 3.05) is 4.90 Å². The van der Waals surface area contributed by atoms with Gasteiger partial charge in [-0.1, -0.05) is 35.9 Å². The summed E-state index contributed by atoms with van der Waals surface area (Å²) >= 11 is 0. The molecule has 24 heavy (non-hydrogen) atoms. The van der Waals surface area contributed by atoms with E-state index < -0.39 is 29.5 Å². The first-order valence-corrected chi connectivity index (χ1v) is 8.08. The van der Waals surface area contributed by atoms with Crippen LogP contribution in [0.1, 0.15) is 13.3 Å². The number of amides is 1. The summed E-state index contributed by atoms with van der Waals surface area (Å²) in [4.78, 5) is 26.7. The molecule has 0 aliphatic carbocycles. The van der Waals surface area contributed by atoms with Crippen molar-refractivity contribution >= 4 is 17.6 Å². The fraction of sp³-hybridized carbons (Fsp3) is 0.368. The number of rotatable bonds is 4. The number of hydrogen-bond donors (Lipinski definition) is 1. The summed E-state index contributed by atoms with van der Waals surface area (Å²) in [6.45, 7) is 5.90. The van der Waals surface area contributed by atoms with Crippen molar-refractivity contribution in [2.24, 2.45) is 11.8 Å². The third-order valence-corrected chi connectivity index (χ3v) is 5.28. The van der Waals surface area contributed by atoms with Crippen molar-refractivity contribution in [3.05, 3.63) is 54.6 Å². The van der Waals surface area contributed by atoms with Gasteiger partial charge in [-0.15, -0.1) is 6.58 Å². The number of para-hydroxylation sites is 1. The third-order valence-electron chi connectivity index (χ3n) is 5.28. The molecule has 5 nitrogen and oxygen atoms in total. The third kappa shape index (κ3) is 1.85. The van der Waals surface area contributed by atoms with Gasteiger partial charge < -0.3 is 14.7 Å². The Morgan fingerprint density at radius 2 is 2.08 bits per heavy atom. The highest BCUT2D eigenvalue weighted by molar-refractivity contribution is 6.03. The predicted molar refractivity (Wildman–Crippen MR) is 88.5 cm³/mol. The molecule has 0 aromatic heterocycles. The number of hydrogen-bond acceptors (Lipinski definition) is 3. The van der Waals surface area contributed by atoms with Crippen LogP contribution in [-0.4, -0.2) is 34.7 Å². The smallest absolute Gasteiger partial charge is 0.310 e. The van der Waals surface area contributed by atoms with Crippen LogP contribution in [0.2, 0.25) is 0 Å². The van der Waals surface area contributed by atoms with Crippen molar-refractivity contribution < 1.29 is 19.4 Å². The highest BCUT2D eigenvalue weighted by Crippen LogP contribution is 2.56. The molecule has 2 bridgehead atoms. The van der Waals surface area contributed by atoms with Crippen LogP contribution in [0.5, 0.6) is 0 Å². The Labute approximate surface area is 140 Å². The summed E-state index contributed by atoms with van der Waals surface area (Å²) in [7, 11) is 0. The Bertz CT molecular complexity index is 756. The van der Waals surface area contributed by atoms with E-state index in [0.717, 1.165) is 11.3 Å². The van der Waals surface area contributed by atoms with Crippen molar-refractivity contribution in [3.8, 4) is 0 Å². The summed E-state index contributed by atoms with van der Waals surface area (Å²) in [6.07, 6.45) is 3.74. The second-order valence-electron chi connectivity index (χ2n) is 6.86. The number of nitrogens with zero attached hydrogens (tertiary/aromatic N) is 1. The lowest BCUT2D eigenvalue weighted by Gasteiger charge is -2.33. The van der Waals surface area contributed by atoms with E-state index in [-0.39, 0.29) is 11.9 Å². The fourth-order valence-electron chi connectivity index (χ4n) is 4.41. The zero-order valence-corrected chi connectivity index (χ0v) is 13.4. The number of carbonyl (C=O) groups is 2. The van der Waals surface area contributed by atoms with Gasteiger partial charge in [0.2, 0.25) is 5.91 Å². The molecule has 5 atom stereocenters. The SMILES string of the molecule is C=C(C)C[C@@H]1N(c2ccccc2)C(=O)[C@@H]2[C@H](C(=O)O)[C@@H]3C=C[C@]21O3. The molecule has 0 saturated carbocycles. The molecular formula is C19H19NO4. The van der Waals surface area contributed by atoms with Crippen LogP contribution in [0.25, 0.3) is 0 Å². The normalized spacial score (nSPS) is 36.2. The van der Waals surface area contributed by atoms with Crippen LogP contribution in [0, 0.1) is 11.8 Å². The van der Waals surface area contributed by atoms with E-state index in [2.05, 4.69) is 6.58 Å². The fourth-order valence-corrected chi connectivity index (χ4v) is 4.41. The number of carbonyl (C=O) groups excluding carboxylic acids is 1. The van der Waals surface area contributed by atoms with Crippen molar-refractivity contribution in [1.29, 1.82) is 0 Å². The molecule has 0 unspecified atom stereocenters. The van der Waals surface area contributed by atoms with Crippen LogP contribution in [0.15, 0.2) is 54.6 Å². The summed E-state index contributed by atoms with van der Waals surface area (Å²) in [6, 6.07) is 9.09. The zero-order chi connectivity index (χ0) is 17.1. The standard InChI is InChI=1S/C19H19NO4/c1-11(2)10-14-19-9-8-13(24-19)15(18(22)23)16(19)17(21)20(14)12-6-4-3-5-7-12/h3-9,13-16H,1,10H2,2H3,(H,22,23)/t13-,14-,15+,16-,19+/m0/s1. The van der Waals surface area contributed by atoms with Gasteiger partial charge in [0.1, 0.15) is 11.5 Å². The molecule has 3 heterocycles. The Morgan fingerprint density at radius 3 is 2.71 bits per heavy atom. The van der Waals surface area contributed by atoms with Crippen molar-refractivity contribution in [2.45, 2.75) is 31.1 Å². The van der Waals surface area contributed by atoms with E-state index in [1.165, 1.54) is 0 Å². The monoisotopic (exact) mass is 325 g/mol. The topological polar surface area (TPSA) is 66.8 Å². The quantitative estimate of drug-likeness (QED) is 0.863. The molecule has 0 radical (unpaired) electrons. The largest absolute Gasteiger partial charge is 0.481 e. The lowest BCUT2D eigenvalue weighted by molar-refractivity contribution is -0.146. The Balaban J connectivity index is 1.85. The summed E-state index contributed by atoms with van der Waals surface area (Å²) in [5.74, 6) is -2.67. The number of fused-ring (bicyclic) bond motifs is 1. The molecule has 1 amide bonds. The molecule has 3 aliphatic rings. The number of carboxylic acids is 1. The second kappa shape index (κ2) is 5.05. The molecule has 5 heteroatoms. The first kappa shape index (κ1) is 15.1. The summed E-state index contributed by atoms with van der Waals surface area (Å²) in [5, 5.41) is 9.62. The second-order valence-corrected chi connectivity index (χ2v) is 6.86. The van der Waals surface area contributed by atoms with E-state index in [1.54, 1.807) is 11.0 Å². The number of ether oxygens (including phenoxy) is 1. The van der Waals surface area contributed by atoms with E-state index in [4.69, 9.17) is 4.74 Å².